The summed E-state index contributed by atoms with van der Waals surface area (Å²) in [6.45, 7) is 19.5. The van der Waals surface area contributed by atoms with Crippen LogP contribution in [0, 0.1) is 0 Å². The van der Waals surface area contributed by atoms with Gasteiger partial charge in [-0.05, 0) is 136 Å². The fourth-order valence-corrected chi connectivity index (χ4v) is 14.3. The second-order valence-electron chi connectivity index (χ2n) is 22.8. The van der Waals surface area contributed by atoms with Crippen LogP contribution in [-0.2, 0) is 16.2 Å². The standard InChI is InChI=1S/C64H60BN3S/c1-61(2,3)42-30-32-53(49(36-42)41-22-12-9-13-23-41)67-54-33-31-48-47-28-18-19-29-56(47)69-60(48)58(54)65-57-50(39-46(40-55(57)67)66(44-24-14-10-15-25-44)45-26-16-11-17-27-45)51-37-43(62(4,5)6)38-52-59(51)68(65)64(8)35-21-20-34-63(52,64)7/h9-19,22-33,36-40H,20-21,34-35H2,1-8H3. The van der Waals surface area contributed by atoms with Gasteiger partial charge in [0, 0.05) is 76.4 Å². The monoisotopic (exact) mass is 913 g/mol. The summed E-state index contributed by atoms with van der Waals surface area (Å²) in [6, 6.07) is 64.9. The van der Waals surface area contributed by atoms with Gasteiger partial charge in [-0.15, -0.1) is 11.3 Å². The maximum atomic E-state index is 3.02. The van der Waals surface area contributed by atoms with E-state index in [-0.39, 0.29) is 28.6 Å². The van der Waals surface area contributed by atoms with Crippen molar-refractivity contribution in [3.05, 3.63) is 187 Å². The Balaban J connectivity index is 1.23. The first-order valence-corrected chi connectivity index (χ1v) is 26.1. The largest absolute Gasteiger partial charge is 0.400 e. The van der Waals surface area contributed by atoms with Gasteiger partial charge in [-0.1, -0.05) is 164 Å². The van der Waals surface area contributed by atoms with Gasteiger partial charge in [0.15, 0.2) is 0 Å². The zero-order valence-electron chi connectivity index (χ0n) is 41.3. The van der Waals surface area contributed by atoms with Crippen molar-refractivity contribution in [3.8, 4) is 22.3 Å². The van der Waals surface area contributed by atoms with Gasteiger partial charge in [0.25, 0.3) is 0 Å². The highest BCUT2D eigenvalue weighted by Gasteiger charge is 2.63. The van der Waals surface area contributed by atoms with Crippen molar-refractivity contribution in [2.24, 2.45) is 0 Å². The molecule has 8 aromatic carbocycles. The first kappa shape index (κ1) is 42.5. The molecule has 3 nitrogen and oxygen atoms in total. The van der Waals surface area contributed by atoms with E-state index < -0.39 is 0 Å². The van der Waals surface area contributed by atoms with Gasteiger partial charge in [-0.25, -0.2) is 0 Å². The number of para-hydroxylation sites is 2. The molecule has 69 heavy (non-hydrogen) atoms. The topological polar surface area (TPSA) is 9.72 Å². The molecule has 2 unspecified atom stereocenters. The summed E-state index contributed by atoms with van der Waals surface area (Å²) >= 11 is 1.99. The molecule has 0 saturated heterocycles. The first-order chi connectivity index (χ1) is 33.2. The van der Waals surface area contributed by atoms with Gasteiger partial charge in [0.1, 0.15) is 0 Å². The Labute approximate surface area is 413 Å². The van der Waals surface area contributed by atoms with E-state index in [1.54, 1.807) is 5.56 Å². The number of hydrogen-bond acceptors (Lipinski definition) is 4. The van der Waals surface area contributed by atoms with Crippen LogP contribution in [-0.4, -0.2) is 12.4 Å². The van der Waals surface area contributed by atoms with Crippen LogP contribution in [0.15, 0.2) is 170 Å². The molecule has 0 N–H and O–H groups in total. The molecule has 0 amide bonds. The Kier molecular flexibility index (Phi) is 9.23. The van der Waals surface area contributed by atoms with E-state index >= 15 is 0 Å². The molecular formula is C64H60BN3S. The van der Waals surface area contributed by atoms with Crippen molar-refractivity contribution >= 4 is 89.1 Å². The summed E-state index contributed by atoms with van der Waals surface area (Å²) < 4.78 is 2.74. The smallest absolute Gasteiger partial charge is 0.330 e. The molecule has 1 saturated carbocycles. The minimum Gasteiger partial charge on any atom is -0.400 e. The molecule has 1 aromatic heterocycles. The second-order valence-corrected chi connectivity index (χ2v) is 23.9. The van der Waals surface area contributed by atoms with Crippen LogP contribution in [0.2, 0.25) is 0 Å². The zero-order chi connectivity index (χ0) is 47.2. The summed E-state index contributed by atoms with van der Waals surface area (Å²) in [5.74, 6) is 0. The number of nitrogens with zero attached hydrogens (tertiary/aromatic N) is 3. The third kappa shape index (κ3) is 6.11. The lowest BCUT2D eigenvalue weighted by Crippen LogP contribution is -2.70. The quantitative estimate of drug-likeness (QED) is 0.159. The summed E-state index contributed by atoms with van der Waals surface area (Å²) in [6.07, 6.45) is 4.83. The van der Waals surface area contributed by atoms with Crippen LogP contribution in [0.1, 0.15) is 97.8 Å². The van der Waals surface area contributed by atoms with E-state index in [2.05, 4.69) is 240 Å². The van der Waals surface area contributed by atoms with Crippen LogP contribution in [0.3, 0.4) is 0 Å². The van der Waals surface area contributed by atoms with Crippen LogP contribution in [0.5, 0.6) is 0 Å². The van der Waals surface area contributed by atoms with Gasteiger partial charge in [0.2, 0.25) is 0 Å². The fourth-order valence-electron chi connectivity index (χ4n) is 13.1. The lowest BCUT2D eigenvalue weighted by molar-refractivity contribution is 0.199. The predicted molar refractivity (Wildman–Crippen MR) is 299 cm³/mol. The normalized spacial score (nSPS) is 19.1. The van der Waals surface area contributed by atoms with Gasteiger partial charge < -0.3 is 14.6 Å². The third-order valence-electron chi connectivity index (χ3n) is 16.9. The van der Waals surface area contributed by atoms with E-state index in [9.17, 15) is 0 Å². The number of benzene rings is 8. The van der Waals surface area contributed by atoms with Gasteiger partial charge in [-0.2, -0.15) is 0 Å². The first-order valence-electron chi connectivity index (χ1n) is 25.3. The number of hydrogen-bond donors (Lipinski definition) is 0. The molecule has 4 heterocycles. The average Bonchev–Trinajstić information content (AvgIpc) is 3.83. The number of rotatable bonds is 5. The lowest BCUT2D eigenvalue weighted by atomic mass is 9.42. The molecule has 0 bridgehead atoms. The summed E-state index contributed by atoms with van der Waals surface area (Å²) in [7, 11) is 0. The average molecular weight is 914 g/mol. The Morgan fingerprint density at radius 2 is 1.14 bits per heavy atom. The van der Waals surface area contributed by atoms with Crippen molar-refractivity contribution in [2.45, 2.75) is 103 Å². The fraction of sp³-hybridized carbons (Fsp3) is 0.250. The highest BCUT2D eigenvalue weighted by atomic mass is 32.1. The number of thiophene rings is 1. The Bertz CT molecular complexity index is 3490. The SMILES string of the molecule is CC(C)(C)c1ccc(N2c3cc(N(c4ccccc4)c4ccccc4)cc4c3B(c3c2ccc2c3sc3ccccc32)N2c3c-4cc(C(C)(C)C)cc3C3(C)CCCCC23C)c(-c2ccccc2)c1. The Hall–Kier alpha value is -6.56. The minimum atomic E-state index is -0.112. The zero-order valence-corrected chi connectivity index (χ0v) is 42.1. The van der Waals surface area contributed by atoms with Crippen LogP contribution >= 0.6 is 11.3 Å². The van der Waals surface area contributed by atoms with E-state index in [4.69, 9.17) is 0 Å². The van der Waals surface area contributed by atoms with Crippen molar-refractivity contribution in [3.63, 3.8) is 0 Å². The predicted octanol–water partition coefficient (Wildman–Crippen LogP) is 16.8. The van der Waals surface area contributed by atoms with E-state index in [0.29, 0.717) is 0 Å². The molecule has 2 atom stereocenters. The molecule has 340 valence electrons. The van der Waals surface area contributed by atoms with Crippen molar-refractivity contribution in [1.29, 1.82) is 0 Å². The van der Waals surface area contributed by atoms with Crippen molar-refractivity contribution in [2.75, 3.05) is 14.6 Å². The molecule has 5 heteroatoms. The highest BCUT2D eigenvalue weighted by molar-refractivity contribution is 7.27. The van der Waals surface area contributed by atoms with E-state index in [0.717, 1.165) is 23.5 Å². The number of anilines is 7. The third-order valence-corrected chi connectivity index (χ3v) is 18.1. The van der Waals surface area contributed by atoms with Crippen molar-refractivity contribution in [1.82, 2.24) is 0 Å². The minimum absolute atomic E-state index is 0.0142. The van der Waals surface area contributed by atoms with E-state index in [1.807, 2.05) is 11.3 Å². The molecule has 9 aromatic rings. The molecule has 4 aliphatic rings. The second kappa shape index (κ2) is 15.0. The molecule has 0 radical (unpaired) electrons. The van der Waals surface area contributed by atoms with Gasteiger partial charge in [-0.3, -0.25) is 0 Å². The van der Waals surface area contributed by atoms with Crippen LogP contribution < -0.4 is 25.5 Å². The summed E-state index contributed by atoms with van der Waals surface area (Å²) in [5, 5.41) is 2.70. The van der Waals surface area contributed by atoms with Crippen molar-refractivity contribution < 1.29 is 0 Å². The van der Waals surface area contributed by atoms with Crippen LogP contribution in [0.4, 0.5) is 39.8 Å². The molecule has 1 aliphatic carbocycles. The lowest BCUT2D eigenvalue weighted by Gasteiger charge is -2.55. The van der Waals surface area contributed by atoms with Crippen LogP contribution in [0.25, 0.3) is 42.4 Å². The highest BCUT2D eigenvalue weighted by Crippen LogP contribution is 2.64. The molecule has 0 spiro atoms. The molecule has 3 aliphatic heterocycles. The Morgan fingerprint density at radius 3 is 1.84 bits per heavy atom. The van der Waals surface area contributed by atoms with E-state index in [1.165, 1.54) is 106 Å². The summed E-state index contributed by atoms with van der Waals surface area (Å²) in [5.41, 5.74) is 20.7. The maximum Gasteiger partial charge on any atom is 0.330 e. The number of fused-ring (bicyclic) bond motifs is 11. The molecule has 13 rings (SSSR count). The van der Waals surface area contributed by atoms with Gasteiger partial charge in [0.05, 0.1) is 5.69 Å². The Morgan fingerprint density at radius 1 is 0.522 bits per heavy atom. The summed E-state index contributed by atoms with van der Waals surface area (Å²) in [4.78, 5) is 8.19. The molecular weight excluding hydrogens is 854 g/mol. The maximum absolute atomic E-state index is 3.02. The van der Waals surface area contributed by atoms with Gasteiger partial charge >= 0.3 is 6.85 Å². The molecule has 1 fully saturated rings.